The van der Waals surface area contributed by atoms with E-state index in [-0.39, 0.29) is 11.7 Å². The van der Waals surface area contributed by atoms with Gasteiger partial charge in [0, 0.05) is 30.9 Å². The number of carbonyl (C=O) groups is 2. The van der Waals surface area contributed by atoms with Crippen molar-refractivity contribution >= 4 is 17.5 Å². The SMILES string of the molecule is Cc1cccc(C(N)=O)c1[C@H](CC1CCCCC1)C(=O)NCCN1CCc2cc(F)ccc21. The van der Waals surface area contributed by atoms with Crippen molar-refractivity contribution < 1.29 is 14.0 Å². The van der Waals surface area contributed by atoms with Gasteiger partial charge in [-0.2, -0.15) is 0 Å². The molecule has 6 heteroatoms. The zero-order valence-electron chi connectivity index (χ0n) is 19.4. The quantitative estimate of drug-likeness (QED) is 0.622. The summed E-state index contributed by atoms with van der Waals surface area (Å²) in [4.78, 5) is 27.8. The number of amides is 2. The fraction of sp³-hybridized carbons (Fsp3) is 0.481. The molecule has 1 aliphatic heterocycles. The predicted molar refractivity (Wildman–Crippen MR) is 129 cm³/mol. The third kappa shape index (κ3) is 5.37. The van der Waals surface area contributed by atoms with Gasteiger partial charge in [0.15, 0.2) is 0 Å². The minimum absolute atomic E-state index is 0.0455. The van der Waals surface area contributed by atoms with Crippen LogP contribution in [0.5, 0.6) is 0 Å². The summed E-state index contributed by atoms with van der Waals surface area (Å²) < 4.78 is 13.5. The van der Waals surface area contributed by atoms with Crippen LogP contribution < -0.4 is 16.0 Å². The van der Waals surface area contributed by atoms with Crippen molar-refractivity contribution in [3.05, 3.63) is 64.5 Å². The zero-order chi connectivity index (χ0) is 23.4. The topological polar surface area (TPSA) is 75.4 Å². The molecule has 0 spiro atoms. The lowest BCUT2D eigenvalue weighted by Crippen LogP contribution is -2.38. The van der Waals surface area contributed by atoms with Crippen LogP contribution in [0.4, 0.5) is 10.1 Å². The molecule has 176 valence electrons. The van der Waals surface area contributed by atoms with Crippen LogP contribution in [0.15, 0.2) is 36.4 Å². The first kappa shape index (κ1) is 23.3. The second kappa shape index (κ2) is 10.4. The molecule has 3 N–H and O–H groups in total. The molecule has 5 nitrogen and oxygen atoms in total. The maximum Gasteiger partial charge on any atom is 0.249 e. The molecule has 0 aromatic heterocycles. The van der Waals surface area contributed by atoms with Gasteiger partial charge in [-0.1, -0.05) is 44.2 Å². The number of nitrogens with zero attached hydrogens (tertiary/aromatic N) is 1. The number of hydrogen-bond acceptors (Lipinski definition) is 3. The highest BCUT2D eigenvalue weighted by molar-refractivity contribution is 5.97. The third-order valence-corrected chi connectivity index (χ3v) is 7.26. The van der Waals surface area contributed by atoms with Gasteiger partial charge >= 0.3 is 0 Å². The van der Waals surface area contributed by atoms with Gasteiger partial charge < -0.3 is 16.0 Å². The van der Waals surface area contributed by atoms with Crippen molar-refractivity contribution in [3.63, 3.8) is 0 Å². The smallest absolute Gasteiger partial charge is 0.249 e. The fourth-order valence-corrected chi connectivity index (χ4v) is 5.58. The van der Waals surface area contributed by atoms with E-state index in [1.807, 2.05) is 25.1 Å². The van der Waals surface area contributed by atoms with E-state index >= 15 is 0 Å². The lowest BCUT2D eigenvalue weighted by molar-refractivity contribution is -0.123. The molecule has 1 atom stereocenters. The number of nitrogens with one attached hydrogen (secondary N) is 1. The van der Waals surface area contributed by atoms with E-state index in [1.165, 1.54) is 25.3 Å². The van der Waals surface area contributed by atoms with Crippen LogP contribution in [0.25, 0.3) is 0 Å². The maximum atomic E-state index is 13.5. The molecule has 33 heavy (non-hydrogen) atoms. The Bertz CT molecular complexity index is 1020. The number of hydrogen-bond donors (Lipinski definition) is 2. The summed E-state index contributed by atoms with van der Waals surface area (Å²) in [7, 11) is 0. The van der Waals surface area contributed by atoms with Gasteiger partial charge in [-0.3, -0.25) is 9.59 Å². The monoisotopic (exact) mass is 451 g/mol. The van der Waals surface area contributed by atoms with Crippen molar-refractivity contribution in [1.29, 1.82) is 0 Å². The lowest BCUT2D eigenvalue weighted by Gasteiger charge is -2.28. The van der Waals surface area contributed by atoms with Crippen LogP contribution in [0.3, 0.4) is 0 Å². The number of halogens is 1. The van der Waals surface area contributed by atoms with E-state index in [0.717, 1.165) is 54.6 Å². The molecule has 1 heterocycles. The first-order valence-electron chi connectivity index (χ1n) is 12.1. The number of anilines is 1. The Kier molecular flexibility index (Phi) is 7.31. The molecule has 4 rings (SSSR count). The molecule has 1 saturated carbocycles. The predicted octanol–water partition coefficient (Wildman–Crippen LogP) is 4.47. The number of rotatable bonds is 8. The summed E-state index contributed by atoms with van der Waals surface area (Å²) in [5.74, 6) is -0.656. The average Bonchev–Trinajstić information content (AvgIpc) is 3.20. The van der Waals surface area contributed by atoms with Gasteiger partial charge in [-0.25, -0.2) is 4.39 Å². The number of nitrogens with two attached hydrogens (primary N) is 1. The molecular formula is C27H34FN3O2. The Morgan fingerprint density at radius 2 is 1.97 bits per heavy atom. The van der Waals surface area contributed by atoms with Crippen LogP contribution in [0.2, 0.25) is 0 Å². The van der Waals surface area contributed by atoms with E-state index in [1.54, 1.807) is 12.1 Å². The summed E-state index contributed by atoms with van der Waals surface area (Å²) in [6.07, 6.45) is 7.46. The van der Waals surface area contributed by atoms with Gasteiger partial charge in [-0.15, -0.1) is 0 Å². The Morgan fingerprint density at radius 3 is 2.73 bits per heavy atom. The summed E-state index contributed by atoms with van der Waals surface area (Å²) in [5.41, 5.74) is 9.89. The molecule has 0 bridgehead atoms. The summed E-state index contributed by atoms with van der Waals surface area (Å²) >= 11 is 0. The molecule has 1 fully saturated rings. The highest BCUT2D eigenvalue weighted by atomic mass is 19.1. The molecule has 2 aliphatic rings. The van der Waals surface area contributed by atoms with Crippen LogP contribution in [0.1, 0.15) is 71.5 Å². The molecule has 0 radical (unpaired) electrons. The molecular weight excluding hydrogens is 417 g/mol. The minimum atomic E-state index is -0.490. The second-order valence-corrected chi connectivity index (χ2v) is 9.49. The fourth-order valence-electron chi connectivity index (χ4n) is 5.58. The highest BCUT2D eigenvalue weighted by Crippen LogP contribution is 2.36. The Balaban J connectivity index is 1.48. The van der Waals surface area contributed by atoms with Crippen LogP contribution >= 0.6 is 0 Å². The van der Waals surface area contributed by atoms with Gasteiger partial charge in [0.1, 0.15) is 5.82 Å². The van der Waals surface area contributed by atoms with Crippen molar-refractivity contribution in [2.75, 3.05) is 24.5 Å². The van der Waals surface area contributed by atoms with Crippen LogP contribution in [0, 0.1) is 18.7 Å². The van der Waals surface area contributed by atoms with Crippen LogP contribution in [-0.4, -0.2) is 31.4 Å². The number of aryl methyl sites for hydroxylation is 1. The standard InChI is InChI=1S/C27H34FN3O2/c1-18-6-5-9-22(26(29)32)25(18)23(16-19-7-3-2-4-8-19)27(33)30-13-15-31-14-12-20-17-21(28)10-11-24(20)31/h5-6,9-11,17,19,23H,2-4,7-8,12-16H2,1H3,(H2,29,32)(H,30,33)/t23-/m0/s1. The third-order valence-electron chi connectivity index (χ3n) is 7.26. The number of primary amides is 1. The lowest BCUT2D eigenvalue weighted by atomic mass is 9.78. The Labute approximate surface area is 195 Å². The van der Waals surface area contributed by atoms with E-state index in [4.69, 9.17) is 5.73 Å². The first-order valence-corrected chi connectivity index (χ1v) is 12.1. The molecule has 0 unspecified atom stereocenters. The molecule has 1 aliphatic carbocycles. The van der Waals surface area contributed by atoms with Gasteiger partial charge in [-0.05, 0) is 66.6 Å². The van der Waals surface area contributed by atoms with Crippen LogP contribution in [-0.2, 0) is 11.2 Å². The van der Waals surface area contributed by atoms with Gasteiger partial charge in [0.25, 0.3) is 0 Å². The molecule has 0 saturated heterocycles. The minimum Gasteiger partial charge on any atom is -0.369 e. The largest absolute Gasteiger partial charge is 0.369 e. The molecule has 2 amide bonds. The van der Waals surface area contributed by atoms with E-state index in [0.29, 0.717) is 24.6 Å². The van der Waals surface area contributed by atoms with Crippen molar-refractivity contribution in [1.82, 2.24) is 5.32 Å². The Hall–Kier alpha value is -2.89. The van der Waals surface area contributed by atoms with E-state index in [9.17, 15) is 14.0 Å². The van der Waals surface area contributed by atoms with Crippen molar-refractivity contribution in [2.45, 2.75) is 57.8 Å². The average molecular weight is 452 g/mol. The van der Waals surface area contributed by atoms with Crippen molar-refractivity contribution in [2.24, 2.45) is 11.7 Å². The van der Waals surface area contributed by atoms with Gasteiger partial charge in [0.05, 0.1) is 5.92 Å². The van der Waals surface area contributed by atoms with E-state index in [2.05, 4.69) is 10.2 Å². The number of fused-ring (bicyclic) bond motifs is 1. The Morgan fingerprint density at radius 1 is 1.18 bits per heavy atom. The number of carbonyl (C=O) groups excluding carboxylic acids is 2. The number of benzene rings is 2. The maximum absolute atomic E-state index is 13.5. The first-order chi connectivity index (χ1) is 15.9. The summed E-state index contributed by atoms with van der Waals surface area (Å²) in [6.45, 7) is 3.93. The van der Waals surface area contributed by atoms with Crippen molar-refractivity contribution in [3.8, 4) is 0 Å². The summed E-state index contributed by atoms with van der Waals surface area (Å²) in [5, 5.41) is 3.13. The normalized spacial score (nSPS) is 17.0. The molecule has 2 aromatic rings. The van der Waals surface area contributed by atoms with E-state index < -0.39 is 11.8 Å². The highest BCUT2D eigenvalue weighted by Gasteiger charge is 2.30. The molecule has 2 aromatic carbocycles. The second-order valence-electron chi connectivity index (χ2n) is 9.49. The summed E-state index contributed by atoms with van der Waals surface area (Å²) in [6, 6.07) is 10.4. The van der Waals surface area contributed by atoms with Gasteiger partial charge in [0.2, 0.25) is 11.8 Å². The zero-order valence-corrected chi connectivity index (χ0v) is 19.4.